The molecule has 156 valence electrons. The molecule has 10 nitrogen and oxygen atoms in total. The molecule has 3 N–H and O–H groups in total. The first kappa shape index (κ1) is 18.0. The first-order chi connectivity index (χ1) is 15.3. The van der Waals surface area contributed by atoms with Crippen molar-refractivity contribution in [2.45, 2.75) is 38.3 Å². The fourth-order valence-electron chi connectivity index (χ4n) is 4.05. The summed E-state index contributed by atoms with van der Waals surface area (Å²) in [5.74, 6) is 1.72. The van der Waals surface area contributed by atoms with Crippen LogP contribution in [0.15, 0.2) is 47.2 Å². The molecule has 1 saturated carbocycles. The summed E-state index contributed by atoms with van der Waals surface area (Å²) in [6, 6.07) is 10.3. The summed E-state index contributed by atoms with van der Waals surface area (Å²) in [4.78, 5) is 8.95. The van der Waals surface area contributed by atoms with Gasteiger partial charge in [0.1, 0.15) is 5.69 Å². The number of rotatable bonds is 6. The Hall–Kier alpha value is -3.79. The lowest BCUT2D eigenvalue weighted by Crippen LogP contribution is -2.25. The molecule has 0 saturated heterocycles. The van der Waals surface area contributed by atoms with Crippen LogP contribution in [0.25, 0.3) is 28.1 Å². The second-order valence-corrected chi connectivity index (χ2v) is 7.80. The van der Waals surface area contributed by atoms with E-state index in [2.05, 4.69) is 41.1 Å². The highest BCUT2D eigenvalue weighted by molar-refractivity contribution is 5.82. The van der Waals surface area contributed by atoms with Gasteiger partial charge in [0.05, 0.1) is 24.5 Å². The fourth-order valence-corrected chi connectivity index (χ4v) is 4.05. The number of aromatic nitrogens is 7. The van der Waals surface area contributed by atoms with Crippen LogP contribution in [0, 0.1) is 0 Å². The van der Waals surface area contributed by atoms with E-state index in [1.807, 2.05) is 30.3 Å². The van der Waals surface area contributed by atoms with Crippen molar-refractivity contribution in [3.05, 3.63) is 48.6 Å². The van der Waals surface area contributed by atoms with Crippen molar-refractivity contribution in [1.82, 2.24) is 40.3 Å². The fraction of sp³-hybridized carbons (Fsp3) is 0.286. The summed E-state index contributed by atoms with van der Waals surface area (Å²) in [5.41, 5.74) is 3.30. The molecule has 1 aromatic carbocycles. The molecular formula is C21H21N9O. The summed E-state index contributed by atoms with van der Waals surface area (Å²) in [6.07, 6.45) is 8.49. The van der Waals surface area contributed by atoms with Crippen LogP contribution in [-0.2, 0) is 6.54 Å². The van der Waals surface area contributed by atoms with Crippen LogP contribution >= 0.6 is 0 Å². The zero-order chi connectivity index (χ0) is 20.6. The molecule has 10 heteroatoms. The standard InChI is InChI=1S/C21H21N9O/c1-2-4-14(3-1)22-12-20-26-21(29-31-20)17-11-23-19-8-7-18(28-30(17)19)25-15-5-6-16-13(9-15)10-24-27-16/h5-11,14,22H,1-4,12H2,(H,24,27)(H,25,28). The first-order valence-electron chi connectivity index (χ1n) is 10.4. The molecule has 0 radical (unpaired) electrons. The minimum absolute atomic E-state index is 0.472. The molecule has 1 aliphatic carbocycles. The second kappa shape index (κ2) is 7.47. The molecular weight excluding hydrogens is 394 g/mol. The Balaban J connectivity index is 1.24. The average molecular weight is 415 g/mol. The molecule has 1 aliphatic rings. The van der Waals surface area contributed by atoms with E-state index in [4.69, 9.17) is 4.52 Å². The number of anilines is 2. The van der Waals surface area contributed by atoms with Gasteiger partial charge in [-0.05, 0) is 43.2 Å². The minimum Gasteiger partial charge on any atom is -0.339 e. The van der Waals surface area contributed by atoms with Crippen LogP contribution < -0.4 is 10.6 Å². The molecule has 0 spiro atoms. The van der Waals surface area contributed by atoms with Crippen LogP contribution in [-0.4, -0.2) is 41.0 Å². The number of nitrogens with zero attached hydrogens (tertiary/aromatic N) is 6. The Labute approximate surface area is 177 Å². The average Bonchev–Trinajstić information content (AvgIpc) is 3.58. The molecule has 0 aliphatic heterocycles. The molecule has 0 bridgehead atoms. The maximum Gasteiger partial charge on any atom is 0.240 e. The molecule has 31 heavy (non-hydrogen) atoms. The predicted molar refractivity (Wildman–Crippen MR) is 115 cm³/mol. The maximum absolute atomic E-state index is 5.44. The minimum atomic E-state index is 0.472. The van der Waals surface area contributed by atoms with Gasteiger partial charge in [-0.3, -0.25) is 5.10 Å². The van der Waals surface area contributed by atoms with Gasteiger partial charge in [0.2, 0.25) is 11.7 Å². The van der Waals surface area contributed by atoms with Crippen LogP contribution in [0.2, 0.25) is 0 Å². The highest BCUT2D eigenvalue weighted by Gasteiger charge is 2.18. The lowest BCUT2D eigenvalue weighted by atomic mass is 10.2. The second-order valence-electron chi connectivity index (χ2n) is 7.80. The molecule has 4 heterocycles. The van der Waals surface area contributed by atoms with Gasteiger partial charge in [-0.1, -0.05) is 18.0 Å². The van der Waals surface area contributed by atoms with Crippen molar-refractivity contribution in [3.63, 3.8) is 0 Å². The van der Waals surface area contributed by atoms with Crippen molar-refractivity contribution >= 4 is 28.1 Å². The summed E-state index contributed by atoms with van der Waals surface area (Å²) < 4.78 is 7.16. The number of imidazole rings is 1. The molecule has 0 amide bonds. The van der Waals surface area contributed by atoms with E-state index in [9.17, 15) is 0 Å². The van der Waals surface area contributed by atoms with E-state index in [1.165, 1.54) is 25.7 Å². The third-order valence-corrected chi connectivity index (χ3v) is 5.67. The molecule has 0 atom stereocenters. The highest BCUT2D eigenvalue weighted by atomic mass is 16.5. The first-order valence-corrected chi connectivity index (χ1v) is 10.4. The number of benzene rings is 1. The normalized spacial score (nSPS) is 14.7. The SMILES string of the molecule is c1cc2[nH]ncc2cc1Nc1ccc2ncc(-c3noc(CNC4CCCC4)n3)n2n1. The smallest absolute Gasteiger partial charge is 0.240 e. The van der Waals surface area contributed by atoms with Crippen molar-refractivity contribution < 1.29 is 4.52 Å². The van der Waals surface area contributed by atoms with Gasteiger partial charge in [0.25, 0.3) is 0 Å². The van der Waals surface area contributed by atoms with Crippen LogP contribution in [0.4, 0.5) is 11.5 Å². The maximum atomic E-state index is 5.44. The summed E-state index contributed by atoms with van der Waals surface area (Å²) in [7, 11) is 0. The topological polar surface area (TPSA) is 122 Å². The third-order valence-electron chi connectivity index (χ3n) is 5.67. The third kappa shape index (κ3) is 3.50. The Kier molecular flexibility index (Phi) is 4.34. The summed E-state index contributed by atoms with van der Waals surface area (Å²) in [5, 5.41) is 23.7. The van der Waals surface area contributed by atoms with Gasteiger partial charge in [-0.15, -0.1) is 5.10 Å². The summed E-state index contributed by atoms with van der Waals surface area (Å²) >= 11 is 0. The van der Waals surface area contributed by atoms with Gasteiger partial charge in [-0.2, -0.15) is 10.1 Å². The van der Waals surface area contributed by atoms with Crippen molar-refractivity contribution in [3.8, 4) is 11.5 Å². The largest absolute Gasteiger partial charge is 0.339 e. The number of fused-ring (bicyclic) bond motifs is 2. The Morgan fingerprint density at radius 1 is 1.13 bits per heavy atom. The van der Waals surface area contributed by atoms with E-state index in [1.54, 1.807) is 16.9 Å². The molecule has 1 fully saturated rings. The van der Waals surface area contributed by atoms with Gasteiger partial charge in [-0.25, -0.2) is 9.50 Å². The van der Waals surface area contributed by atoms with Gasteiger partial charge < -0.3 is 15.2 Å². The summed E-state index contributed by atoms with van der Waals surface area (Å²) in [6.45, 7) is 0.575. The lowest BCUT2D eigenvalue weighted by Gasteiger charge is -2.08. The quantitative estimate of drug-likeness (QED) is 0.386. The zero-order valence-electron chi connectivity index (χ0n) is 16.7. The van der Waals surface area contributed by atoms with Crippen molar-refractivity contribution in [1.29, 1.82) is 0 Å². The number of nitrogens with one attached hydrogen (secondary N) is 3. The van der Waals surface area contributed by atoms with Gasteiger partial charge in [0.15, 0.2) is 11.5 Å². The number of H-pyrrole nitrogens is 1. The van der Waals surface area contributed by atoms with Crippen LogP contribution in [0.1, 0.15) is 31.6 Å². The van der Waals surface area contributed by atoms with E-state index in [-0.39, 0.29) is 0 Å². The van der Waals surface area contributed by atoms with Crippen molar-refractivity contribution in [2.24, 2.45) is 0 Å². The monoisotopic (exact) mass is 415 g/mol. The van der Waals surface area contributed by atoms with E-state index in [0.29, 0.717) is 41.5 Å². The Bertz CT molecular complexity index is 1350. The lowest BCUT2D eigenvalue weighted by molar-refractivity contribution is 0.357. The van der Waals surface area contributed by atoms with Crippen LogP contribution in [0.3, 0.4) is 0 Å². The number of aromatic amines is 1. The van der Waals surface area contributed by atoms with Crippen molar-refractivity contribution in [2.75, 3.05) is 5.32 Å². The van der Waals surface area contributed by atoms with Gasteiger partial charge >= 0.3 is 0 Å². The molecule has 4 aromatic heterocycles. The predicted octanol–water partition coefficient (Wildman–Crippen LogP) is 3.43. The van der Waals surface area contributed by atoms with E-state index in [0.717, 1.165) is 16.6 Å². The Morgan fingerprint density at radius 3 is 3.00 bits per heavy atom. The van der Waals surface area contributed by atoms with Gasteiger partial charge in [0, 0.05) is 17.1 Å². The molecule has 5 aromatic rings. The Morgan fingerprint density at radius 2 is 2.06 bits per heavy atom. The van der Waals surface area contributed by atoms with Crippen LogP contribution in [0.5, 0.6) is 0 Å². The highest BCUT2D eigenvalue weighted by Crippen LogP contribution is 2.23. The van der Waals surface area contributed by atoms with E-state index >= 15 is 0 Å². The number of hydrogen-bond donors (Lipinski definition) is 3. The van der Waals surface area contributed by atoms with E-state index < -0.39 is 0 Å². The molecule has 0 unspecified atom stereocenters. The molecule has 6 rings (SSSR count). The zero-order valence-corrected chi connectivity index (χ0v) is 16.7. The number of hydrogen-bond acceptors (Lipinski definition) is 8.